The fourth-order valence-corrected chi connectivity index (χ4v) is 5.73. The van der Waals surface area contributed by atoms with E-state index in [2.05, 4.69) is 18.1 Å². The molecule has 15 nitrogen and oxygen atoms in total. The number of aliphatic hydroxyl groups excluding tert-OH is 1. The summed E-state index contributed by atoms with van der Waals surface area (Å²) >= 11 is 0. The van der Waals surface area contributed by atoms with E-state index in [1.807, 2.05) is 0 Å². The summed E-state index contributed by atoms with van der Waals surface area (Å²) in [5, 5.41) is 10.3. The van der Waals surface area contributed by atoms with Crippen molar-refractivity contribution in [2.24, 2.45) is 0 Å². The molecule has 1 aliphatic rings. The maximum Gasteiger partial charge on any atom is 0.490 e. The molecule has 6 N–H and O–H groups in total. The minimum atomic E-state index is -5.72. The first kappa shape index (κ1) is 26.4. The van der Waals surface area contributed by atoms with Crippen molar-refractivity contribution in [2.75, 3.05) is 13.7 Å². The van der Waals surface area contributed by atoms with Crippen LogP contribution in [0.4, 0.5) is 4.39 Å². The molecule has 0 radical (unpaired) electrons. The quantitative estimate of drug-likeness (QED) is 0.238. The fraction of sp³-hybridized carbons (Fsp3) is 0.583. The van der Waals surface area contributed by atoms with Crippen LogP contribution in [-0.4, -0.2) is 61.7 Å². The number of rotatable bonds is 9. The average molecular weight is 513 g/mol. The molecule has 2 rings (SSSR count). The van der Waals surface area contributed by atoms with Gasteiger partial charge < -0.3 is 39.1 Å². The van der Waals surface area contributed by atoms with Gasteiger partial charge in [0.05, 0.1) is 12.2 Å². The molecule has 0 aliphatic carbocycles. The number of methoxy groups -OCH3 is 1. The first-order valence-electron chi connectivity index (χ1n) is 8.09. The number of ether oxygens (including phenoxy) is 2. The number of pyridine rings is 1. The monoisotopic (exact) mass is 513 g/mol. The third-order valence-electron chi connectivity index (χ3n) is 4.02. The highest BCUT2D eigenvalue weighted by Gasteiger charge is 2.48. The van der Waals surface area contributed by atoms with Crippen LogP contribution in [0.25, 0.3) is 0 Å². The number of nitrogens with one attached hydrogen (secondary N) is 1. The van der Waals surface area contributed by atoms with Gasteiger partial charge in [-0.15, -0.1) is 0 Å². The van der Waals surface area contributed by atoms with E-state index in [4.69, 9.17) is 24.2 Å². The lowest BCUT2D eigenvalue weighted by Crippen LogP contribution is -2.34. The molecular weight excluding hydrogens is 494 g/mol. The number of aromatic amines is 1. The molecule has 0 spiro atoms. The normalized spacial score (nSPS) is 28.3. The van der Waals surface area contributed by atoms with Gasteiger partial charge in [0.15, 0.2) is 0 Å². The summed E-state index contributed by atoms with van der Waals surface area (Å²) in [5.74, 6) is -0.934. The molecule has 6 atom stereocenters. The Balaban J connectivity index is 2.13. The van der Waals surface area contributed by atoms with Crippen LogP contribution in [0.2, 0.25) is 0 Å². The van der Waals surface area contributed by atoms with Crippen molar-refractivity contribution in [3.63, 3.8) is 0 Å². The van der Waals surface area contributed by atoms with Crippen molar-refractivity contribution >= 4 is 23.5 Å². The molecule has 1 aromatic heterocycles. The Hall–Kier alpha value is -0.830. The largest absolute Gasteiger partial charge is 0.490 e. The number of phosphoric ester groups is 1. The summed E-state index contributed by atoms with van der Waals surface area (Å²) < 4.78 is 70.2. The van der Waals surface area contributed by atoms with Crippen LogP contribution in [0.1, 0.15) is 17.2 Å². The molecule has 178 valence electrons. The van der Waals surface area contributed by atoms with E-state index in [1.54, 1.807) is 0 Å². The maximum atomic E-state index is 14.5. The lowest BCUT2D eigenvalue weighted by molar-refractivity contribution is -0.0243. The molecule has 0 saturated carbocycles. The Bertz CT molecular complexity index is 1010. The van der Waals surface area contributed by atoms with E-state index >= 15 is 0 Å². The molecule has 1 fully saturated rings. The van der Waals surface area contributed by atoms with Crippen LogP contribution in [0, 0.1) is 12.7 Å². The number of aliphatic hydroxyl groups is 1. The van der Waals surface area contributed by atoms with Gasteiger partial charge in [0, 0.05) is 18.9 Å². The number of aromatic nitrogens is 1. The van der Waals surface area contributed by atoms with Crippen LogP contribution < -0.4 is 5.56 Å². The molecule has 1 aliphatic heterocycles. The fourth-order valence-electron chi connectivity index (χ4n) is 2.70. The zero-order chi connectivity index (χ0) is 23.8. The van der Waals surface area contributed by atoms with Crippen LogP contribution in [0.3, 0.4) is 0 Å². The van der Waals surface area contributed by atoms with Gasteiger partial charge in [-0.1, -0.05) is 0 Å². The standard InChI is InChI=1S/C12H19FNO14P3/c1-5-8(13)6(3-14-12(5)16)10-11(24-2)9(15)7(26-10)4-25-30(20,21)28-31(22,23)27-29(17,18)19/h3,7,9-11,15H,4H2,1-2H3,(H,14,16)(H,20,21)(H,22,23)(H2,17,18,19)/t7-,9?,10+,11+/m1/s1. The number of H-pyrrole nitrogens is 1. The van der Waals surface area contributed by atoms with Crippen molar-refractivity contribution in [3.05, 3.63) is 33.5 Å². The van der Waals surface area contributed by atoms with E-state index in [-0.39, 0.29) is 11.1 Å². The van der Waals surface area contributed by atoms with Gasteiger partial charge in [-0.3, -0.25) is 9.32 Å². The Morgan fingerprint density at radius 1 is 1.16 bits per heavy atom. The highest BCUT2D eigenvalue weighted by Crippen LogP contribution is 2.66. The van der Waals surface area contributed by atoms with Crippen LogP contribution in [0.5, 0.6) is 0 Å². The summed E-state index contributed by atoms with van der Waals surface area (Å²) in [7, 11) is -15.6. The summed E-state index contributed by atoms with van der Waals surface area (Å²) in [4.78, 5) is 49.3. The highest BCUT2D eigenvalue weighted by molar-refractivity contribution is 7.66. The van der Waals surface area contributed by atoms with Crippen LogP contribution in [0.15, 0.2) is 11.0 Å². The Morgan fingerprint density at radius 2 is 1.77 bits per heavy atom. The van der Waals surface area contributed by atoms with Crippen molar-refractivity contribution in [1.29, 1.82) is 0 Å². The second-order valence-corrected chi connectivity index (χ2v) is 10.6. The van der Waals surface area contributed by atoms with Crippen molar-refractivity contribution in [3.8, 4) is 0 Å². The zero-order valence-corrected chi connectivity index (χ0v) is 18.4. The Labute approximate surface area is 173 Å². The first-order valence-corrected chi connectivity index (χ1v) is 12.6. The van der Waals surface area contributed by atoms with Gasteiger partial charge in [0.1, 0.15) is 30.2 Å². The van der Waals surface area contributed by atoms with Gasteiger partial charge in [-0.2, -0.15) is 8.62 Å². The summed E-state index contributed by atoms with van der Waals surface area (Å²) in [6, 6.07) is 0. The van der Waals surface area contributed by atoms with Crippen LogP contribution >= 0.6 is 23.5 Å². The van der Waals surface area contributed by atoms with Crippen molar-refractivity contribution < 1.29 is 65.4 Å². The van der Waals surface area contributed by atoms with Gasteiger partial charge in [-0.25, -0.2) is 18.1 Å². The predicted molar refractivity (Wildman–Crippen MR) is 96.0 cm³/mol. The lowest BCUT2D eigenvalue weighted by Gasteiger charge is -2.19. The predicted octanol–water partition coefficient (Wildman–Crippen LogP) is -0.0185. The Kier molecular flexibility index (Phi) is 8.16. The van der Waals surface area contributed by atoms with Crippen LogP contribution in [-0.2, 0) is 36.3 Å². The number of phosphoric acid groups is 3. The third kappa shape index (κ3) is 6.83. The number of halogens is 1. The summed E-state index contributed by atoms with van der Waals surface area (Å²) in [5.41, 5.74) is -1.15. The van der Waals surface area contributed by atoms with E-state index in [0.29, 0.717) is 0 Å². The SMILES string of the molecule is CO[C@H]1C(O)[C@@H](COP(=O)(O)OP(=O)(O)OP(=O)(O)O)O[C@H]1c1c[nH]c(=O)c(C)c1F. The average Bonchev–Trinajstić information content (AvgIpc) is 2.90. The Morgan fingerprint density at radius 3 is 2.32 bits per heavy atom. The smallest absolute Gasteiger partial charge is 0.387 e. The van der Waals surface area contributed by atoms with E-state index in [9.17, 15) is 32.9 Å². The molecule has 2 heterocycles. The number of hydrogen-bond acceptors (Lipinski definition) is 10. The van der Waals surface area contributed by atoms with Crippen molar-refractivity contribution in [1.82, 2.24) is 4.98 Å². The first-order chi connectivity index (χ1) is 14.1. The zero-order valence-electron chi connectivity index (χ0n) is 15.7. The molecule has 31 heavy (non-hydrogen) atoms. The van der Waals surface area contributed by atoms with Crippen molar-refractivity contribution in [2.45, 2.75) is 31.3 Å². The third-order valence-corrected chi connectivity index (χ3v) is 7.82. The maximum absolute atomic E-state index is 14.5. The second-order valence-electron chi connectivity index (χ2n) is 6.18. The van der Waals surface area contributed by atoms with E-state index < -0.39 is 65.9 Å². The minimum absolute atomic E-state index is 0.191. The molecule has 3 unspecified atom stereocenters. The molecule has 0 aromatic carbocycles. The highest BCUT2D eigenvalue weighted by atomic mass is 31.3. The van der Waals surface area contributed by atoms with Gasteiger partial charge in [0.25, 0.3) is 5.56 Å². The topological polar surface area (TPSA) is 231 Å². The van der Waals surface area contributed by atoms with E-state index in [0.717, 1.165) is 13.3 Å². The molecule has 1 aromatic rings. The minimum Gasteiger partial charge on any atom is -0.387 e. The molecular formula is C12H19FNO14P3. The van der Waals surface area contributed by atoms with Gasteiger partial charge in [-0.05, 0) is 6.92 Å². The van der Waals surface area contributed by atoms with Gasteiger partial charge >= 0.3 is 23.5 Å². The summed E-state index contributed by atoms with van der Waals surface area (Å²) in [6.07, 6.45) is -4.52. The molecule has 19 heteroatoms. The number of hydrogen-bond donors (Lipinski definition) is 6. The molecule has 0 bridgehead atoms. The second kappa shape index (κ2) is 9.57. The van der Waals surface area contributed by atoms with E-state index in [1.165, 1.54) is 6.92 Å². The lowest BCUT2D eigenvalue weighted by atomic mass is 10.0. The molecule has 0 amide bonds. The molecule has 1 saturated heterocycles. The van der Waals surface area contributed by atoms with Gasteiger partial charge in [0.2, 0.25) is 0 Å². The summed E-state index contributed by atoms with van der Waals surface area (Å²) in [6.45, 7) is 0.239.